The fraction of sp³-hybridized carbons (Fsp3) is 0.167. The third-order valence-electron chi connectivity index (χ3n) is 2.27. The van der Waals surface area contributed by atoms with Crippen molar-refractivity contribution >= 4 is 22.9 Å². The van der Waals surface area contributed by atoms with Crippen molar-refractivity contribution in [3.63, 3.8) is 0 Å². The van der Waals surface area contributed by atoms with E-state index in [4.69, 9.17) is 5.73 Å². The maximum Gasteiger partial charge on any atom is 0.272 e. The molecule has 2 aromatic heterocycles. The van der Waals surface area contributed by atoms with Crippen LogP contribution in [0.1, 0.15) is 20.2 Å². The van der Waals surface area contributed by atoms with Gasteiger partial charge in [-0.2, -0.15) is 0 Å². The second-order valence-electron chi connectivity index (χ2n) is 3.64. The lowest BCUT2D eigenvalue weighted by Gasteiger charge is -2.04. The second kappa shape index (κ2) is 4.97. The van der Waals surface area contributed by atoms with Crippen LogP contribution in [0.25, 0.3) is 0 Å². The third-order valence-corrected chi connectivity index (χ3v) is 3.27. The van der Waals surface area contributed by atoms with Crippen LogP contribution in [0.5, 0.6) is 0 Å². The van der Waals surface area contributed by atoms with Crippen molar-refractivity contribution < 1.29 is 4.79 Å². The zero-order valence-electron chi connectivity index (χ0n) is 9.43. The number of pyridine rings is 1. The summed E-state index contributed by atoms with van der Waals surface area (Å²) in [7, 11) is 0. The molecule has 2 aromatic rings. The molecule has 0 saturated heterocycles. The first kappa shape index (κ1) is 11.6. The summed E-state index contributed by atoms with van der Waals surface area (Å²) in [5.41, 5.74) is 6.35. The summed E-state index contributed by atoms with van der Waals surface area (Å²) >= 11 is 1.66. The van der Waals surface area contributed by atoms with E-state index in [9.17, 15) is 4.79 Å². The number of nitrogen functional groups attached to an aromatic ring is 1. The van der Waals surface area contributed by atoms with Crippen LogP contribution in [0.15, 0.2) is 30.5 Å². The molecular formula is C12H13N3OS. The summed E-state index contributed by atoms with van der Waals surface area (Å²) < 4.78 is 0. The molecule has 0 aliphatic heterocycles. The number of rotatable bonds is 3. The fourth-order valence-corrected chi connectivity index (χ4v) is 2.27. The smallest absolute Gasteiger partial charge is 0.272 e. The number of aromatic nitrogens is 1. The number of anilines is 1. The van der Waals surface area contributed by atoms with Crippen molar-refractivity contribution in [1.82, 2.24) is 10.3 Å². The number of thiophene rings is 1. The average molecular weight is 247 g/mol. The number of carbonyl (C=O) groups is 1. The second-order valence-corrected chi connectivity index (χ2v) is 5.01. The van der Waals surface area contributed by atoms with Gasteiger partial charge in [0.1, 0.15) is 0 Å². The summed E-state index contributed by atoms with van der Waals surface area (Å²) in [6.07, 6.45) is 1.56. The van der Waals surface area contributed by atoms with Gasteiger partial charge in [-0.05, 0) is 31.2 Å². The lowest BCUT2D eigenvalue weighted by molar-refractivity contribution is 0.0947. The number of nitrogens with zero attached hydrogens (tertiary/aromatic N) is 1. The van der Waals surface area contributed by atoms with E-state index in [0.717, 1.165) is 4.88 Å². The highest BCUT2D eigenvalue weighted by molar-refractivity contribution is 7.11. The van der Waals surface area contributed by atoms with Gasteiger partial charge in [-0.25, -0.2) is 4.98 Å². The molecule has 0 aliphatic carbocycles. The van der Waals surface area contributed by atoms with Crippen molar-refractivity contribution in [3.8, 4) is 0 Å². The van der Waals surface area contributed by atoms with Crippen molar-refractivity contribution in [2.75, 3.05) is 5.73 Å². The van der Waals surface area contributed by atoms with Gasteiger partial charge in [0.25, 0.3) is 5.91 Å². The fourth-order valence-electron chi connectivity index (χ4n) is 1.44. The Bertz CT molecular complexity index is 536. The molecule has 0 unspecified atom stereocenters. The van der Waals surface area contributed by atoms with Crippen LogP contribution >= 0.6 is 11.3 Å². The molecule has 0 atom stereocenters. The number of hydrogen-bond donors (Lipinski definition) is 2. The normalized spacial score (nSPS) is 10.2. The molecule has 2 rings (SSSR count). The highest BCUT2D eigenvalue weighted by Crippen LogP contribution is 2.15. The van der Waals surface area contributed by atoms with Gasteiger partial charge in [0.05, 0.1) is 12.2 Å². The number of nitrogens with one attached hydrogen (secondary N) is 1. The van der Waals surface area contributed by atoms with Crippen LogP contribution in [-0.2, 0) is 6.54 Å². The van der Waals surface area contributed by atoms with Crippen LogP contribution in [0.2, 0.25) is 0 Å². The molecule has 88 valence electrons. The van der Waals surface area contributed by atoms with Crippen LogP contribution in [0.4, 0.5) is 5.69 Å². The largest absolute Gasteiger partial charge is 0.397 e. The van der Waals surface area contributed by atoms with Gasteiger partial charge in [0.15, 0.2) is 5.69 Å². The van der Waals surface area contributed by atoms with E-state index in [0.29, 0.717) is 12.2 Å². The zero-order valence-corrected chi connectivity index (χ0v) is 10.3. The Labute approximate surface area is 103 Å². The first-order valence-electron chi connectivity index (χ1n) is 5.21. The molecule has 0 saturated carbocycles. The highest BCUT2D eigenvalue weighted by Gasteiger charge is 2.10. The topological polar surface area (TPSA) is 68.0 Å². The molecule has 0 aliphatic rings. The molecule has 0 bridgehead atoms. The molecule has 0 spiro atoms. The van der Waals surface area contributed by atoms with Crippen molar-refractivity contribution in [2.24, 2.45) is 0 Å². The summed E-state index contributed by atoms with van der Waals surface area (Å²) in [4.78, 5) is 18.1. The number of nitrogens with two attached hydrogens (primary N) is 1. The molecule has 4 nitrogen and oxygen atoms in total. The Hall–Kier alpha value is -1.88. The van der Waals surface area contributed by atoms with Crippen molar-refractivity contribution in [2.45, 2.75) is 13.5 Å². The lowest BCUT2D eigenvalue weighted by Crippen LogP contribution is -2.24. The Balaban J connectivity index is 2.01. The number of carbonyl (C=O) groups excluding carboxylic acids is 1. The van der Waals surface area contributed by atoms with Gasteiger partial charge in [0, 0.05) is 16.0 Å². The van der Waals surface area contributed by atoms with E-state index < -0.39 is 0 Å². The van der Waals surface area contributed by atoms with Crippen LogP contribution in [0.3, 0.4) is 0 Å². The molecule has 17 heavy (non-hydrogen) atoms. The molecule has 3 N–H and O–H groups in total. The van der Waals surface area contributed by atoms with Gasteiger partial charge >= 0.3 is 0 Å². The predicted octanol–water partition coefficient (Wildman–Crippen LogP) is 1.96. The van der Waals surface area contributed by atoms with E-state index >= 15 is 0 Å². The molecular weight excluding hydrogens is 234 g/mol. The monoisotopic (exact) mass is 247 g/mol. The van der Waals surface area contributed by atoms with Crippen molar-refractivity contribution in [1.29, 1.82) is 0 Å². The molecule has 0 radical (unpaired) electrons. The van der Waals surface area contributed by atoms with E-state index in [1.807, 2.05) is 19.1 Å². The van der Waals surface area contributed by atoms with Crippen LogP contribution < -0.4 is 11.1 Å². The van der Waals surface area contributed by atoms with Crippen LogP contribution in [0, 0.1) is 6.92 Å². The number of amides is 1. The molecule has 1 amide bonds. The minimum atomic E-state index is -0.242. The quantitative estimate of drug-likeness (QED) is 0.871. The first-order valence-corrected chi connectivity index (χ1v) is 6.02. The van der Waals surface area contributed by atoms with E-state index in [1.54, 1.807) is 29.7 Å². The minimum absolute atomic E-state index is 0.242. The van der Waals surface area contributed by atoms with Crippen LogP contribution in [-0.4, -0.2) is 10.9 Å². The third kappa shape index (κ3) is 2.82. The van der Waals surface area contributed by atoms with E-state index in [-0.39, 0.29) is 11.6 Å². The van der Waals surface area contributed by atoms with E-state index in [1.165, 1.54) is 4.88 Å². The van der Waals surface area contributed by atoms with Gasteiger partial charge in [0.2, 0.25) is 0 Å². The lowest BCUT2D eigenvalue weighted by atomic mass is 10.3. The summed E-state index contributed by atoms with van der Waals surface area (Å²) in [5.74, 6) is -0.242. The molecule has 2 heterocycles. The maximum absolute atomic E-state index is 11.8. The highest BCUT2D eigenvalue weighted by atomic mass is 32.1. The van der Waals surface area contributed by atoms with Gasteiger partial charge in [-0.3, -0.25) is 4.79 Å². The van der Waals surface area contributed by atoms with Gasteiger partial charge < -0.3 is 11.1 Å². The Morgan fingerprint density at radius 2 is 2.29 bits per heavy atom. The molecule has 0 aromatic carbocycles. The SMILES string of the molecule is Cc1ccc(CNC(=O)c2ncccc2N)s1. The standard InChI is InChI=1S/C12H13N3OS/c1-8-4-5-9(17-8)7-15-12(16)11-10(13)3-2-6-14-11/h2-6H,7,13H2,1H3,(H,15,16). The Kier molecular flexibility index (Phi) is 3.39. The predicted molar refractivity (Wildman–Crippen MR) is 68.9 cm³/mol. The Morgan fingerprint density at radius 3 is 2.94 bits per heavy atom. The molecule has 0 fully saturated rings. The first-order chi connectivity index (χ1) is 8.16. The van der Waals surface area contributed by atoms with Gasteiger partial charge in [-0.1, -0.05) is 0 Å². The summed E-state index contributed by atoms with van der Waals surface area (Å²) in [6.45, 7) is 2.54. The van der Waals surface area contributed by atoms with E-state index in [2.05, 4.69) is 10.3 Å². The summed E-state index contributed by atoms with van der Waals surface area (Å²) in [6, 6.07) is 7.40. The maximum atomic E-state index is 11.8. The van der Waals surface area contributed by atoms with Gasteiger partial charge in [-0.15, -0.1) is 11.3 Å². The zero-order chi connectivity index (χ0) is 12.3. The number of hydrogen-bond acceptors (Lipinski definition) is 4. The number of aryl methyl sites for hydroxylation is 1. The average Bonchev–Trinajstić information content (AvgIpc) is 2.73. The summed E-state index contributed by atoms with van der Waals surface area (Å²) in [5, 5.41) is 2.80. The van der Waals surface area contributed by atoms with Crippen molar-refractivity contribution in [3.05, 3.63) is 45.9 Å². The Morgan fingerprint density at radius 1 is 1.47 bits per heavy atom. The molecule has 5 heteroatoms. The minimum Gasteiger partial charge on any atom is -0.397 e.